The monoisotopic (exact) mass is 164 g/mol. The molecule has 0 aliphatic carbocycles. The predicted molar refractivity (Wildman–Crippen MR) is 44.5 cm³/mol. The van der Waals surface area contributed by atoms with Crippen LogP contribution in [0.25, 0.3) is 0 Å². The first kappa shape index (κ1) is 8.59. The summed E-state index contributed by atoms with van der Waals surface area (Å²) in [5.41, 5.74) is 1.00. The first-order valence-corrected chi connectivity index (χ1v) is 3.59. The Balaban J connectivity index is 2.38. The fourth-order valence-corrected chi connectivity index (χ4v) is 0.787. The van der Waals surface area contributed by atoms with Crippen molar-refractivity contribution >= 4 is 6.09 Å². The van der Waals surface area contributed by atoms with Gasteiger partial charge in [0.2, 0.25) is 0 Å². The van der Waals surface area contributed by atoms with Gasteiger partial charge >= 0.3 is 6.09 Å². The number of alkyl carbamates (subject to hydrolysis) is 1. The average Bonchev–Trinajstić information content (AvgIpc) is 2.16. The van der Waals surface area contributed by atoms with E-state index >= 15 is 0 Å². The maximum absolute atomic E-state index is 10.6. The van der Waals surface area contributed by atoms with Crippen molar-refractivity contribution in [1.29, 1.82) is 0 Å². The lowest BCUT2D eigenvalue weighted by atomic mass is 10.2. The van der Waals surface area contributed by atoms with Crippen LogP contribution in [-0.2, 0) is 11.3 Å². The predicted octanol–water partition coefficient (Wildman–Crippen LogP) is 1.34. The number of rotatable bonds is 2. The summed E-state index contributed by atoms with van der Waals surface area (Å²) < 4.78 is 4.41. The molecule has 12 heavy (non-hydrogen) atoms. The molecule has 0 aromatic heterocycles. The van der Waals surface area contributed by atoms with E-state index in [0.29, 0.717) is 6.54 Å². The second kappa shape index (κ2) is 4.38. The van der Waals surface area contributed by atoms with Gasteiger partial charge < -0.3 is 10.1 Å². The molecule has 0 bridgehead atoms. The summed E-state index contributed by atoms with van der Waals surface area (Å²) >= 11 is 0. The van der Waals surface area contributed by atoms with Crippen molar-refractivity contribution < 1.29 is 9.53 Å². The minimum absolute atomic E-state index is 0.418. The standard InChI is InChI=1S/C9H10NO2/c1-12-9(11)10-7-8-5-3-2-4-6-8/h2-3,5-6H,7H2,1H3,(H,10,11). The number of ether oxygens (including phenoxy) is 1. The van der Waals surface area contributed by atoms with Gasteiger partial charge in [0.15, 0.2) is 0 Å². The van der Waals surface area contributed by atoms with Crippen molar-refractivity contribution in [3.8, 4) is 0 Å². The molecule has 0 fully saturated rings. The fourth-order valence-electron chi connectivity index (χ4n) is 0.787. The van der Waals surface area contributed by atoms with Crippen LogP contribution in [0.3, 0.4) is 0 Å². The zero-order valence-electron chi connectivity index (χ0n) is 6.83. The minimum Gasteiger partial charge on any atom is -0.453 e. The first-order chi connectivity index (χ1) is 5.83. The number of benzene rings is 1. The number of amides is 1. The van der Waals surface area contributed by atoms with E-state index in [2.05, 4.69) is 16.1 Å². The highest BCUT2D eigenvalue weighted by molar-refractivity contribution is 5.66. The highest BCUT2D eigenvalue weighted by atomic mass is 16.5. The smallest absolute Gasteiger partial charge is 0.407 e. The third-order valence-electron chi connectivity index (χ3n) is 1.39. The Labute approximate surface area is 71.4 Å². The zero-order chi connectivity index (χ0) is 8.81. The molecular formula is C9H10NO2. The van der Waals surface area contributed by atoms with Gasteiger partial charge in [0.05, 0.1) is 7.11 Å². The molecule has 1 radical (unpaired) electrons. The fraction of sp³-hybridized carbons (Fsp3) is 0.222. The van der Waals surface area contributed by atoms with E-state index in [1.165, 1.54) is 7.11 Å². The second-order valence-corrected chi connectivity index (χ2v) is 2.26. The van der Waals surface area contributed by atoms with Gasteiger partial charge in [-0.25, -0.2) is 4.79 Å². The average molecular weight is 164 g/mol. The van der Waals surface area contributed by atoms with Crippen LogP contribution in [0.5, 0.6) is 0 Å². The van der Waals surface area contributed by atoms with E-state index in [9.17, 15) is 4.79 Å². The second-order valence-electron chi connectivity index (χ2n) is 2.26. The molecule has 1 N–H and O–H groups in total. The van der Waals surface area contributed by atoms with E-state index in [1.54, 1.807) is 0 Å². The van der Waals surface area contributed by atoms with Crippen LogP contribution in [0.15, 0.2) is 24.3 Å². The van der Waals surface area contributed by atoms with Gasteiger partial charge in [-0.2, -0.15) is 0 Å². The Morgan fingerprint density at radius 3 is 3.17 bits per heavy atom. The normalized spacial score (nSPS) is 9.08. The molecule has 0 spiro atoms. The van der Waals surface area contributed by atoms with Crippen molar-refractivity contribution in [1.82, 2.24) is 5.32 Å². The Bertz CT molecular complexity index is 246. The van der Waals surface area contributed by atoms with Gasteiger partial charge in [0.1, 0.15) is 0 Å². The number of methoxy groups -OCH3 is 1. The summed E-state index contributed by atoms with van der Waals surface area (Å²) in [6.07, 6.45) is -0.418. The topological polar surface area (TPSA) is 38.3 Å². The quantitative estimate of drug-likeness (QED) is 0.716. The molecule has 0 aliphatic rings. The van der Waals surface area contributed by atoms with E-state index in [4.69, 9.17) is 0 Å². The Morgan fingerprint density at radius 1 is 1.75 bits per heavy atom. The van der Waals surface area contributed by atoms with Crippen LogP contribution < -0.4 is 5.32 Å². The number of carbonyl (C=O) groups is 1. The third kappa shape index (κ3) is 2.62. The van der Waals surface area contributed by atoms with Crippen LogP contribution in [0.1, 0.15) is 5.56 Å². The van der Waals surface area contributed by atoms with E-state index in [0.717, 1.165) is 5.56 Å². The Morgan fingerprint density at radius 2 is 2.58 bits per heavy atom. The van der Waals surface area contributed by atoms with Crippen LogP contribution in [0, 0.1) is 6.07 Å². The zero-order valence-corrected chi connectivity index (χ0v) is 6.83. The first-order valence-electron chi connectivity index (χ1n) is 3.59. The molecule has 0 unspecified atom stereocenters. The largest absolute Gasteiger partial charge is 0.453 e. The lowest BCUT2D eigenvalue weighted by Gasteiger charge is -2.02. The van der Waals surface area contributed by atoms with E-state index in [1.807, 2.05) is 24.3 Å². The highest BCUT2D eigenvalue weighted by Gasteiger charge is 1.96. The van der Waals surface area contributed by atoms with Gasteiger partial charge in [-0.3, -0.25) is 0 Å². The van der Waals surface area contributed by atoms with Crippen LogP contribution >= 0.6 is 0 Å². The number of hydrogen-bond donors (Lipinski definition) is 1. The Hall–Kier alpha value is -1.51. The summed E-state index contributed by atoms with van der Waals surface area (Å²) in [5, 5.41) is 2.57. The lowest BCUT2D eigenvalue weighted by molar-refractivity contribution is 0.170. The van der Waals surface area contributed by atoms with Crippen molar-refractivity contribution in [3.05, 3.63) is 35.9 Å². The van der Waals surface area contributed by atoms with Crippen molar-refractivity contribution in [2.24, 2.45) is 0 Å². The number of nitrogens with one attached hydrogen (secondary N) is 1. The van der Waals surface area contributed by atoms with Gasteiger partial charge in [0.25, 0.3) is 0 Å². The minimum atomic E-state index is -0.418. The van der Waals surface area contributed by atoms with Gasteiger partial charge in [-0.05, 0) is 17.7 Å². The van der Waals surface area contributed by atoms with Gasteiger partial charge in [0, 0.05) is 6.54 Å². The molecule has 3 heteroatoms. The summed E-state index contributed by atoms with van der Waals surface area (Å²) in [6.45, 7) is 0.476. The molecule has 3 nitrogen and oxygen atoms in total. The van der Waals surface area contributed by atoms with Crippen LogP contribution in [0.4, 0.5) is 4.79 Å². The van der Waals surface area contributed by atoms with Crippen molar-refractivity contribution in [2.75, 3.05) is 7.11 Å². The molecule has 0 atom stereocenters. The molecule has 1 amide bonds. The van der Waals surface area contributed by atoms with Crippen LogP contribution in [-0.4, -0.2) is 13.2 Å². The van der Waals surface area contributed by atoms with Gasteiger partial charge in [-0.15, -0.1) is 0 Å². The molecule has 0 saturated carbocycles. The maximum Gasteiger partial charge on any atom is 0.407 e. The maximum atomic E-state index is 10.6. The van der Waals surface area contributed by atoms with E-state index < -0.39 is 6.09 Å². The molecule has 0 aliphatic heterocycles. The lowest BCUT2D eigenvalue weighted by Crippen LogP contribution is -2.22. The summed E-state index contributed by atoms with van der Waals surface area (Å²) in [6, 6.07) is 10.3. The van der Waals surface area contributed by atoms with E-state index in [-0.39, 0.29) is 0 Å². The Kier molecular flexibility index (Phi) is 3.14. The molecule has 0 saturated heterocycles. The van der Waals surface area contributed by atoms with Crippen molar-refractivity contribution in [2.45, 2.75) is 6.54 Å². The molecule has 0 heterocycles. The summed E-state index contributed by atoms with van der Waals surface area (Å²) in [7, 11) is 1.34. The van der Waals surface area contributed by atoms with Gasteiger partial charge in [-0.1, -0.05) is 18.2 Å². The molecule has 63 valence electrons. The molecule has 1 rings (SSSR count). The SMILES string of the molecule is COC(=O)NCc1c[c]ccc1. The molecule has 1 aromatic carbocycles. The summed E-state index contributed by atoms with van der Waals surface area (Å²) in [4.78, 5) is 10.6. The highest BCUT2D eigenvalue weighted by Crippen LogP contribution is 1.96. The molecule has 1 aromatic rings. The summed E-state index contributed by atoms with van der Waals surface area (Å²) in [5.74, 6) is 0. The number of carbonyl (C=O) groups excluding carboxylic acids is 1. The van der Waals surface area contributed by atoms with Crippen molar-refractivity contribution in [3.63, 3.8) is 0 Å². The third-order valence-corrected chi connectivity index (χ3v) is 1.39. The number of hydrogen-bond acceptors (Lipinski definition) is 2. The van der Waals surface area contributed by atoms with Crippen LogP contribution in [0.2, 0.25) is 0 Å². The molecular weight excluding hydrogens is 154 g/mol.